The maximum Gasteiger partial charge on any atom is 0.0704 e. The van der Waals surface area contributed by atoms with E-state index in [0.717, 1.165) is 25.4 Å². The van der Waals surface area contributed by atoms with Crippen molar-refractivity contribution in [2.75, 3.05) is 19.6 Å². The van der Waals surface area contributed by atoms with Gasteiger partial charge in [-0.2, -0.15) is 0 Å². The highest BCUT2D eigenvalue weighted by molar-refractivity contribution is 4.77. The van der Waals surface area contributed by atoms with Crippen LogP contribution >= 0.6 is 0 Å². The first kappa shape index (κ1) is 10.4. The molecule has 14 heavy (non-hydrogen) atoms. The van der Waals surface area contributed by atoms with Crippen LogP contribution in [0.15, 0.2) is 0 Å². The van der Waals surface area contributed by atoms with Gasteiger partial charge in [0.05, 0.1) is 12.2 Å². The molecule has 1 aliphatic carbocycles. The lowest BCUT2D eigenvalue weighted by molar-refractivity contribution is 0.0505. The minimum Gasteiger partial charge on any atom is -0.372 e. The summed E-state index contributed by atoms with van der Waals surface area (Å²) < 4.78 is 5.75. The molecule has 2 fully saturated rings. The van der Waals surface area contributed by atoms with Crippen LogP contribution in [0, 0.1) is 5.92 Å². The fourth-order valence-corrected chi connectivity index (χ4v) is 2.08. The van der Waals surface area contributed by atoms with Crippen LogP contribution in [0.4, 0.5) is 0 Å². The minimum absolute atomic E-state index is 0.324. The van der Waals surface area contributed by atoms with Crippen LogP contribution in [-0.2, 0) is 4.74 Å². The van der Waals surface area contributed by atoms with Gasteiger partial charge >= 0.3 is 0 Å². The van der Waals surface area contributed by atoms with Gasteiger partial charge in [0.25, 0.3) is 0 Å². The molecule has 0 radical (unpaired) electrons. The van der Waals surface area contributed by atoms with Crippen molar-refractivity contribution in [1.29, 1.82) is 0 Å². The Labute approximate surface area is 86.4 Å². The summed E-state index contributed by atoms with van der Waals surface area (Å²) in [6, 6.07) is 0. The molecule has 0 aromatic rings. The minimum atomic E-state index is 0.324. The van der Waals surface area contributed by atoms with Crippen molar-refractivity contribution in [2.24, 2.45) is 11.7 Å². The summed E-state index contributed by atoms with van der Waals surface area (Å²) in [6.45, 7) is 2.86. The molecule has 1 aliphatic heterocycles. The Bertz CT molecular complexity index is 171. The lowest BCUT2D eigenvalue weighted by atomic mass is 10.2. The van der Waals surface area contributed by atoms with Crippen molar-refractivity contribution in [3.05, 3.63) is 0 Å². The number of hydrogen-bond acceptors (Lipinski definition) is 3. The predicted molar refractivity (Wildman–Crippen MR) is 57.2 cm³/mol. The molecule has 0 spiro atoms. The number of hydrogen-bond donors (Lipinski definition) is 2. The second-order valence-electron chi connectivity index (χ2n) is 4.63. The third kappa shape index (κ3) is 3.23. The molecule has 0 amide bonds. The van der Waals surface area contributed by atoms with E-state index in [0.29, 0.717) is 18.8 Å². The van der Waals surface area contributed by atoms with E-state index in [9.17, 15) is 0 Å². The highest BCUT2D eigenvalue weighted by atomic mass is 16.5. The van der Waals surface area contributed by atoms with Crippen molar-refractivity contribution in [1.82, 2.24) is 5.32 Å². The Balaban J connectivity index is 1.48. The van der Waals surface area contributed by atoms with Gasteiger partial charge in [0.15, 0.2) is 0 Å². The molecule has 0 aromatic heterocycles. The quantitative estimate of drug-likeness (QED) is 0.623. The Morgan fingerprint density at radius 3 is 2.57 bits per heavy atom. The normalized spacial score (nSPS) is 32.4. The van der Waals surface area contributed by atoms with Gasteiger partial charge in [0, 0.05) is 13.1 Å². The maximum atomic E-state index is 5.75. The zero-order chi connectivity index (χ0) is 9.80. The molecule has 1 heterocycles. The van der Waals surface area contributed by atoms with Crippen molar-refractivity contribution in [3.63, 3.8) is 0 Å². The highest BCUT2D eigenvalue weighted by Crippen LogP contribution is 2.31. The van der Waals surface area contributed by atoms with E-state index in [1.54, 1.807) is 0 Å². The van der Waals surface area contributed by atoms with Gasteiger partial charge in [-0.25, -0.2) is 0 Å². The lowest BCUT2D eigenvalue weighted by Gasteiger charge is -2.12. The monoisotopic (exact) mass is 198 g/mol. The second kappa shape index (κ2) is 5.10. The van der Waals surface area contributed by atoms with E-state index in [2.05, 4.69) is 5.32 Å². The standard InChI is InChI=1S/C11H22N2O/c12-7-10-3-4-11(14-10)8-13-6-5-9-1-2-9/h9-11,13H,1-8,12H2. The molecule has 2 unspecified atom stereocenters. The molecule has 2 atom stereocenters. The van der Waals surface area contributed by atoms with Crippen LogP contribution in [0.1, 0.15) is 32.1 Å². The Morgan fingerprint density at radius 1 is 1.14 bits per heavy atom. The van der Waals surface area contributed by atoms with Gasteiger partial charge in [0.2, 0.25) is 0 Å². The molecular formula is C11H22N2O. The molecule has 2 rings (SSSR count). The smallest absolute Gasteiger partial charge is 0.0704 e. The van der Waals surface area contributed by atoms with Crippen LogP contribution < -0.4 is 11.1 Å². The molecule has 2 aliphatic rings. The van der Waals surface area contributed by atoms with Crippen LogP contribution in [0.25, 0.3) is 0 Å². The topological polar surface area (TPSA) is 47.3 Å². The van der Waals surface area contributed by atoms with Gasteiger partial charge in [-0.05, 0) is 31.7 Å². The molecule has 1 saturated carbocycles. The van der Waals surface area contributed by atoms with Crippen molar-refractivity contribution in [2.45, 2.75) is 44.3 Å². The molecule has 82 valence electrons. The van der Waals surface area contributed by atoms with Gasteiger partial charge in [-0.3, -0.25) is 0 Å². The summed E-state index contributed by atoms with van der Waals surface area (Å²) in [6.07, 6.45) is 7.33. The SMILES string of the molecule is NCC1CCC(CNCCC2CC2)O1. The van der Waals surface area contributed by atoms with Gasteiger partial charge in [-0.1, -0.05) is 12.8 Å². The average Bonchev–Trinajstić information content (AvgIpc) is 2.91. The van der Waals surface area contributed by atoms with Crippen molar-refractivity contribution >= 4 is 0 Å². The predicted octanol–water partition coefficient (Wildman–Crippen LogP) is 0.882. The largest absolute Gasteiger partial charge is 0.372 e. The van der Waals surface area contributed by atoms with Crippen LogP contribution in [-0.4, -0.2) is 31.8 Å². The maximum absolute atomic E-state index is 5.75. The first-order chi connectivity index (χ1) is 6.88. The Hall–Kier alpha value is -0.120. The summed E-state index contributed by atoms with van der Waals surface area (Å²) in [4.78, 5) is 0. The first-order valence-electron chi connectivity index (χ1n) is 5.94. The van der Waals surface area contributed by atoms with Gasteiger partial charge < -0.3 is 15.8 Å². The molecule has 0 bridgehead atoms. The van der Waals surface area contributed by atoms with Crippen LogP contribution in [0.3, 0.4) is 0 Å². The second-order valence-corrected chi connectivity index (χ2v) is 4.63. The zero-order valence-corrected chi connectivity index (χ0v) is 8.87. The number of nitrogens with one attached hydrogen (secondary N) is 1. The summed E-state index contributed by atoms with van der Waals surface area (Å²) in [5.41, 5.74) is 5.55. The summed E-state index contributed by atoms with van der Waals surface area (Å²) >= 11 is 0. The summed E-state index contributed by atoms with van der Waals surface area (Å²) in [7, 11) is 0. The van der Waals surface area contributed by atoms with E-state index in [4.69, 9.17) is 10.5 Å². The summed E-state index contributed by atoms with van der Waals surface area (Å²) in [5, 5.41) is 3.48. The Morgan fingerprint density at radius 2 is 1.93 bits per heavy atom. The number of ether oxygens (including phenoxy) is 1. The van der Waals surface area contributed by atoms with Crippen LogP contribution in [0.5, 0.6) is 0 Å². The van der Waals surface area contributed by atoms with E-state index in [1.165, 1.54) is 25.7 Å². The van der Waals surface area contributed by atoms with Gasteiger partial charge in [0.1, 0.15) is 0 Å². The van der Waals surface area contributed by atoms with Gasteiger partial charge in [-0.15, -0.1) is 0 Å². The third-order valence-electron chi connectivity index (χ3n) is 3.26. The summed E-state index contributed by atoms with van der Waals surface area (Å²) in [5.74, 6) is 1.03. The average molecular weight is 198 g/mol. The van der Waals surface area contributed by atoms with Crippen LogP contribution in [0.2, 0.25) is 0 Å². The number of nitrogens with two attached hydrogens (primary N) is 1. The fourth-order valence-electron chi connectivity index (χ4n) is 2.08. The molecule has 3 nitrogen and oxygen atoms in total. The number of rotatable bonds is 6. The van der Waals surface area contributed by atoms with E-state index < -0.39 is 0 Å². The lowest BCUT2D eigenvalue weighted by Crippen LogP contribution is -2.29. The van der Waals surface area contributed by atoms with Crippen molar-refractivity contribution in [3.8, 4) is 0 Å². The third-order valence-corrected chi connectivity index (χ3v) is 3.26. The zero-order valence-electron chi connectivity index (χ0n) is 8.87. The molecule has 0 aromatic carbocycles. The molecule has 1 saturated heterocycles. The highest BCUT2D eigenvalue weighted by Gasteiger charge is 2.24. The van der Waals surface area contributed by atoms with E-state index >= 15 is 0 Å². The Kier molecular flexibility index (Phi) is 3.79. The molecule has 3 heteroatoms. The van der Waals surface area contributed by atoms with E-state index in [-0.39, 0.29) is 0 Å². The first-order valence-corrected chi connectivity index (χ1v) is 5.94. The molecule has 3 N–H and O–H groups in total. The molecular weight excluding hydrogens is 176 g/mol. The fraction of sp³-hybridized carbons (Fsp3) is 1.00. The van der Waals surface area contributed by atoms with Crippen molar-refractivity contribution < 1.29 is 4.74 Å². The van der Waals surface area contributed by atoms with E-state index in [1.807, 2.05) is 0 Å².